The molecule has 0 aliphatic heterocycles. The van der Waals surface area contributed by atoms with Gasteiger partial charge in [0.1, 0.15) is 11.3 Å². The fourth-order valence-electron chi connectivity index (χ4n) is 3.09. The van der Waals surface area contributed by atoms with Crippen LogP contribution in [-0.2, 0) is 0 Å². The Morgan fingerprint density at radius 2 is 1.95 bits per heavy atom. The maximum absolute atomic E-state index is 11.4. The standard InChI is InChI=1S/C17H24O3/c1-3-11(2)13-9-14(12-7-5-4-6-8-12)16(18)15(10-13)17(19)20/h9-12,18H,3-8H2,1-2H3,(H,19,20). The Morgan fingerprint density at radius 1 is 1.30 bits per heavy atom. The number of carboxylic acid groups (broad SMARTS) is 1. The quantitative estimate of drug-likeness (QED) is 0.841. The molecule has 1 atom stereocenters. The van der Waals surface area contributed by atoms with Crippen LogP contribution in [0.2, 0.25) is 0 Å². The van der Waals surface area contributed by atoms with Gasteiger partial charge in [-0.05, 0) is 48.3 Å². The van der Waals surface area contributed by atoms with Crippen LogP contribution in [0.15, 0.2) is 12.1 Å². The summed E-state index contributed by atoms with van der Waals surface area (Å²) in [5.41, 5.74) is 1.94. The SMILES string of the molecule is CCC(C)c1cc(C(=O)O)c(O)c(C2CCCCC2)c1. The Bertz CT molecular complexity index is 487. The number of carbonyl (C=O) groups is 1. The third kappa shape index (κ3) is 2.97. The molecule has 2 N–H and O–H groups in total. The number of benzene rings is 1. The molecular formula is C17H24O3. The van der Waals surface area contributed by atoms with Crippen molar-refractivity contribution in [2.45, 2.75) is 64.2 Å². The molecule has 0 bridgehead atoms. The summed E-state index contributed by atoms with van der Waals surface area (Å²) in [6, 6.07) is 3.67. The van der Waals surface area contributed by atoms with Crippen LogP contribution in [0.1, 0.15) is 85.7 Å². The van der Waals surface area contributed by atoms with E-state index in [1.165, 1.54) is 19.3 Å². The van der Waals surface area contributed by atoms with Crippen molar-refractivity contribution in [3.05, 3.63) is 28.8 Å². The van der Waals surface area contributed by atoms with E-state index < -0.39 is 5.97 Å². The zero-order chi connectivity index (χ0) is 14.7. The predicted molar refractivity (Wildman–Crippen MR) is 79.6 cm³/mol. The Morgan fingerprint density at radius 3 is 2.50 bits per heavy atom. The van der Waals surface area contributed by atoms with Gasteiger partial charge < -0.3 is 10.2 Å². The Hall–Kier alpha value is -1.51. The molecule has 0 aromatic heterocycles. The summed E-state index contributed by atoms with van der Waals surface area (Å²) >= 11 is 0. The van der Waals surface area contributed by atoms with Gasteiger partial charge in [0, 0.05) is 0 Å². The van der Waals surface area contributed by atoms with Crippen LogP contribution in [0.4, 0.5) is 0 Å². The van der Waals surface area contributed by atoms with Crippen molar-refractivity contribution in [3.8, 4) is 5.75 Å². The van der Waals surface area contributed by atoms with Crippen molar-refractivity contribution in [2.24, 2.45) is 0 Å². The smallest absolute Gasteiger partial charge is 0.339 e. The summed E-state index contributed by atoms with van der Waals surface area (Å²) in [5, 5.41) is 19.6. The molecule has 0 heterocycles. The first-order chi connectivity index (χ1) is 9.54. The lowest BCUT2D eigenvalue weighted by atomic mass is 9.81. The van der Waals surface area contributed by atoms with Gasteiger partial charge in [0.25, 0.3) is 0 Å². The van der Waals surface area contributed by atoms with Gasteiger partial charge in [0.15, 0.2) is 0 Å². The molecule has 110 valence electrons. The molecule has 1 aliphatic carbocycles. The number of carboxylic acids is 1. The zero-order valence-electron chi connectivity index (χ0n) is 12.4. The highest BCUT2D eigenvalue weighted by Crippen LogP contribution is 2.40. The largest absolute Gasteiger partial charge is 0.507 e. The summed E-state index contributed by atoms with van der Waals surface area (Å²) in [6.45, 7) is 4.20. The highest BCUT2D eigenvalue weighted by atomic mass is 16.4. The summed E-state index contributed by atoms with van der Waals surface area (Å²) in [6.07, 6.45) is 6.65. The molecule has 3 heteroatoms. The number of aromatic carboxylic acids is 1. The Labute approximate surface area is 120 Å². The van der Waals surface area contributed by atoms with Gasteiger partial charge in [0.05, 0.1) is 0 Å². The van der Waals surface area contributed by atoms with E-state index in [0.717, 1.165) is 30.4 Å². The lowest BCUT2D eigenvalue weighted by Crippen LogP contribution is -2.09. The first-order valence-corrected chi connectivity index (χ1v) is 7.64. The Balaban J connectivity index is 2.47. The minimum absolute atomic E-state index is 0.0172. The van der Waals surface area contributed by atoms with Crippen LogP contribution < -0.4 is 0 Å². The number of hydrogen-bond acceptors (Lipinski definition) is 2. The van der Waals surface area contributed by atoms with E-state index in [1.807, 2.05) is 6.07 Å². The van der Waals surface area contributed by atoms with Gasteiger partial charge in [0.2, 0.25) is 0 Å². The lowest BCUT2D eigenvalue weighted by Gasteiger charge is -2.25. The minimum atomic E-state index is -1.04. The fraction of sp³-hybridized carbons (Fsp3) is 0.588. The predicted octanol–water partition coefficient (Wildman–Crippen LogP) is 4.65. The first kappa shape index (κ1) is 14.9. The number of aromatic hydroxyl groups is 1. The molecule has 3 nitrogen and oxygen atoms in total. The summed E-state index contributed by atoms with van der Waals surface area (Å²) in [5.74, 6) is -0.428. The second-order valence-electron chi connectivity index (χ2n) is 5.96. The van der Waals surface area contributed by atoms with Crippen molar-refractivity contribution in [1.29, 1.82) is 0 Å². The maximum Gasteiger partial charge on any atom is 0.339 e. The van der Waals surface area contributed by atoms with Crippen LogP contribution in [0.5, 0.6) is 5.75 Å². The summed E-state index contributed by atoms with van der Waals surface area (Å²) < 4.78 is 0. The van der Waals surface area contributed by atoms with E-state index in [9.17, 15) is 15.0 Å². The number of phenols is 1. The molecule has 1 unspecified atom stereocenters. The van der Waals surface area contributed by atoms with Gasteiger partial charge in [-0.25, -0.2) is 4.79 Å². The molecule has 20 heavy (non-hydrogen) atoms. The second kappa shape index (κ2) is 6.29. The monoisotopic (exact) mass is 276 g/mol. The fourth-order valence-corrected chi connectivity index (χ4v) is 3.09. The van der Waals surface area contributed by atoms with Crippen LogP contribution in [0.3, 0.4) is 0 Å². The lowest BCUT2D eigenvalue weighted by molar-refractivity contribution is 0.0693. The van der Waals surface area contributed by atoms with E-state index >= 15 is 0 Å². The van der Waals surface area contributed by atoms with Gasteiger partial charge in [-0.1, -0.05) is 39.2 Å². The van der Waals surface area contributed by atoms with Crippen LogP contribution >= 0.6 is 0 Å². The normalized spacial score (nSPS) is 17.9. The summed E-state index contributed by atoms with van der Waals surface area (Å²) in [4.78, 5) is 11.4. The average molecular weight is 276 g/mol. The molecule has 1 aromatic rings. The van der Waals surface area contributed by atoms with Crippen LogP contribution in [0.25, 0.3) is 0 Å². The van der Waals surface area contributed by atoms with E-state index in [1.54, 1.807) is 6.07 Å². The van der Waals surface area contributed by atoms with Gasteiger partial charge >= 0.3 is 5.97 Å². The Kier molecular flexibility index (Phi) is 4.69. The molecule has 1 saturated carbocycles. The van der Waals surface area contributed by atoms with E-state index in [4.69, 9.17) is 0 Å². The summed E-state index contributed by atoms with van der Waals surface area (Å²) in [7, 11) is 0. The molecule has 0 spiro atoms. The third-order valence-corrected chi connectivity index (χ3v) is 4.62. The molecule has 1 aromatic carbocycles. The molecule has 0 amide bonds. The van der Waals surface area contributed by atoms with Crippen molar-refractivity contribution >= 4 is 5.97 Å². The average Bonchev–Trinajstić information content (AvgIpc) is 2.47. The van der Waals surface area contributed by atoms with Crippen molar-refractivity contribution < 1.29 is 15.0 Å². The van der Waals surface area contributed by atoms with E-state index in [0.29, 0.717) is 11.8 Å². The van der Waals surface area contributed by atoms with Crippen molar-refractivity contribution in [3.63, 3.8) is 0 Å². The topological polar surface area (TPSA) is 57.5 Å². The molecule has 1 fully saturated rings. The number of hydrogen-bond donors (Lipinski definition) is 2. The van der Waals surface area contributed by atoms with Gasteiger partial charge in [-0.15, -0.1) is 0 Å². The molecular weight excluding hydrogens is 252 g/mol. The second-order valence-corrected chi connectivity index (χ2v) is 5.96. The van der Waals surface area contributed by atoms with Crippen LogP contribution in [0, 0.1) is 0 Å². The highest BCUT2D eigenvalue weighted by molar-refractivity contribution is 5.91. The number of rotatable bonds is 4. The first-order valence-electron chi connectivity index (χ1n) is 7.64. The zero-order valence-corrected chi connectivity index (χ0v) is 12.4. The minimum Gasteiger partial charge on any atom is -0.507 e. The molecule has 0 saturated heterocycles. The van der Waals surface area contributed by atoms with Gasteiger partial charge in [-0.2, -0.15) is 0 Å². The molecule has 1 aliphatic rings. The molecule has 0 radical (unpaired) electrons. The van der Waals surface area contributed by atoms with E-state index in [2.05, 4.69) is 13.8 Å². The van der Waals surface area contributed by atoms with E-state index in [-0.39, 0.29) is 11.3 Å². The van der Waals surface area contributed by atoms with Gasteiger partial charge in [-0.3, -0.25) is 0 Å². The van der Waals surface area contributed by atoms with Crippen molar-refractivity contribution in [2.75, 3.05) is 0 Å². The van der Waals surface area contributed by atoms with Crippen molar-refractivity contribution in [1.82, 2.24) is 0 Å². The highest BCUT2D eigenvalue weighted by Gasteiger charge is 2.24. The maximum atomic E-state index is 11.4. The van der Waals surface area contributed by atoms with Crippen LogP contribution in [-0.4, -0.2) is 16.2 Å². The molecule has 2 rings (SSSR count). The third-order valence-electron chi connectivity index (χ3n) is 4.62.